The number of carbonyl (C=O) groups excluding carboxylic acids is 1. The lowest BCUT2D eigenvalue weighted by molar-refractivity contribution is -0.145. The molecule has 0 aliphatic heterocycles. The Morgan fingerprint density at radius 3 is 2.64 bits per heavy atom. The lowest BCUT2D eigenvalue weighted by Gasteiger charge is -2.03. The Morgan fingerprint density at radius 2 is 1.84 bits per heavy atom. The fourth-order valence-electron chi connectivity index (χ4n) is 2.36. The van der Waals surface area contributed by atoms with Crippen molar-refractivity contribution in [3.8, 4) is 17.1 Å². The van der Waals surface area contributed by atoms with Crippen molar-refractivity contribution < 1.29 is 18.8 Å². The van der Waals surface area contributed by atoms with E-state index in [1.165, 1.54) is 0 Å². The smallest absolute Gasteiger partial charge is 0.306 e. The third-order valence-electron chi connectivity index (χ3n) is 3.63. The van der Waals surface area contributed by atoms with E-state index in [1.54, 1.807) is 7.11 Å². The number of esters is 1. The molecule has 1 heterocycles. The van der Waals surface area contributed by atoms with Crippen LogP contribution >= 0.6 is 0 Å². The van der Waals surface area contributed by atoms with E-state index in [0.717, 1.165) is 11.1 Å². The van der Waals surface area contributed by atoms with E-state index in [-0.39, 0.29) is 18.5 Å². The van der Waals surface area contributed by atoms with Gasteiger partial charge in [0.05, 0.1) is 12.7 Å². The summed E-state index contributed by atoms with van der Waals surface area (Å²) >= 11 is 0. The second kappa shape index (κ2) is 8.10. The number of aryl methyl sites for hydroxylation is 1. The van der Waals surface area contributed by atoms with Crippen molar-refractivity contribution in [3.05, 3.63) is 66.1 Å². The molecule has 0 unspecified atom stereocenters. The Hall–Kier alpha value is -3.15. The van der Waals surface area contributed by atoms with Crippen LogP contribution in [0.4, 0.5) is 0 Å². The number of para-hydroxylation sites is 1. The van der Waals surface area contributed by atoms with Crippen LogP contribution in [0, 0.1) is 0 Å². The molecule has 0 saturated carbocycles. The molecule has 128 valence electrons. The molecule has 3 aromatic rings. The third kappa shape index (κ3) is 4.44. The van der Waals surface area contributed by atoms with Crippen LogP contribution in [0.3, 0.4) is 0 Å². The van der Waals surface area contributed by atoms with Crippen LogP contribution in [0.15, 0.2) is 59.1 Å². The summed E-state index contributed by atoms with van der Waals surface area (Å²) in [4.78, 5) is 16.1. The molecule has 0 atom stereocenters. The SMILES string of the molecule is COc1ccccc1-c1noc(COC(=O)CCc2ccccc2)n1. The van der Waals surface area contributed by atoms with Gasteiger partial charge in [0, 0.05) is 6.42 Å². The first-order chi connectivity index (χ1) is 12.3. The molecule has 0 saturated heterocycles. The number of hydrogen-bond acceptors (Lipinski definition) is 6. The Kier molecular flexibility index (Phi) is 5.41. The first-order valence-electron chi connectivity index (χ1n) is 7.92. The molecule has 0 bridgehead atoms. The predicted molar refractivity (Wildman–Crippen MR) is 90.8 cm³/mol. The molecule has 0 aliphatic carbocycles. The first-order valence-corrected chi connectivity index (χ1v) is 7.92. The van der Waals surface area contributed by atoms with Gasteiger partial charge in [-0.1, -0.05) is 47.6 Å². The van der Waals surface area contributed by atoms with Gasteiger partial charge in [0.1, 0.15) is 5.75 Å². The maximum absolute atomic E-state index is 11.8. The van der Waals surface area contributed by atoms with Crippen molar-refractivity contribution in [2.45, 2.75) is 19.4 Å². The molecule has 0 amide bonds. The summed E-state index contributed by atoms with van der Waals surface area (Å²) in [6.07, 6.45) is 0.938. The van der Waals surface area contributed by atoms with E-state index < -0.39 is 0 Å². The van der Waals surface area contributed by atoms with Crippen LogP contribution in [-0.4, -0.2) is 23.2 Å². The summed E-state index contributed by atoms with van der Waals surface area (Å²) in [6, 6.07) is 17.1. The van der Waals surface area contributed by atoms with Gasteiger partial charge in [-0.25, -0.2) is 0 Å². The quantitative estimate of drug-likeness (QED) is 0.615. The Balaban J connectivity index is 1.54. The van der Waals surface area contributed by atoms with Gasteiger partial charge in [0.2, 0.25) is 5.82 Å². The van der Waals surface area contributed by atoms with E-state index in [2.05, 4.69) is 10.1 Å². The molecule has 0 N–H and O–H groups in total. The summed E-state index contributed by atoms with van der Waals surface area (Å²) in [7, 11) is 1.58. The number of rotatable bonds is 7. The van der Waals surface area contributed by atoms with Crippen molar-refractivity contribution in [1.29, 1.82) is 0 Å². The van der Waals surface area contributed by atoms with Crippen molar-refractivity contribution in [2.75, 3.05) is 7.11 Å². The summed E-state index contributed by atoms with van der Waals surface area (Å²) in [5.74, 6) is 0.984. The topological polar surface area (TPSA) is 74.5 Å². The number of hydrogen-bond donors (Lipinski definition) is 0. The minimum atomic E-state index is -0.305. The number of aromatic nitrogens is 2. The third-order valence-corrected chi connectivity index (χ3v) is 3.63. The number of methoxy groups -OCH3 is 1. The van der Waals surface area contributed by atoms with E-state index in [4.69, 9.17) is 14.0 Å². The highest BCUT2D eigenvalue weighted by Crippen LogP contribution is 2.27. The van der Waals surface area contributed by atoms with Crippen LogP contribution in [0.1, 0.15) is 17.9 Å². The largest absolute Gasteiger partial charge is 0.496 e. The van der Waals surface area contributed by atoms with Crippen molar-refractivity contribution in [1.82, 2.24) is 10.1 Å². The van der Waals surface area contributed by atoms with E-state index in [0.29, 0.717) is 24.4 Å². The molecular weight excluding hydrogens is 320 g/mol. The highest BCUT2D eigenvalue weighted by atomic mass is 16.6. The molecule has 6 nitrogen and oxygen atoms in total. The van der Waals surface area contributed by atoms with Gasteiger partial charge in [-0.3, -0.25) is 4.79 Å². The zero-order valence-electron chi connectivity index (χ0n) is 13.8. The molecule has 2 aromatic carbocycles. The number of nitrogens with zero attached hydrogens (tertiary/aromatic N) is 2. The Bertz CT molecular complexity index is 830. The molecular formula is C19H18N2O4. The monoisotopic (exact) mass is 338 g/mol. The van der Waals surface area contributed by atoms with Crippen molar-refractivity contribution in [3.63, 3.8) is 0 Å². The predicted octanol–water partition coefficient (Wildman–Crippen LogP) is 3.42. The van der Waals surface area contributed by atoms with E-state index >= 15 is 0 Å². The van der Waals surface area contributed by atoms with Crippen LogP contribution in [0.2, 0.25) is 0 Å². The van der Waals surface area contributed by atoms with Crippen LogP contribution in [-0.2, 0) is 22.6 Å². The number of ether oxygens (including phenoxy) is 2. The van der Waals surface area contributed by atoms with Crippen LogP contribution in [0.25, 0.3) is 11.4 Å². The fraction of sp³-hybridized carbons (Fsp3) is 0.211. The molecule has 0 aliphatic rings. The average molecular weight is 338 g/mol. The molecule has 0 radical (unpaired) electrons. The lowest BCUT2D eigenvalue weighted by atomic mass is 10.1. The second-order valence-corrected chi connectivity index (χ2v) is 5.36. The molecule has 0 spiro atoms. The summed E-state index contributed by atoms with van der Waals surface area (Å²) in [5.41, 5.74) is 1.81. The highest BCUT2D eigenvalue weighted by Gasteiger charge is 2.14. The minimum Gasteiger partial charge on any atom is -0.496 e. The van der Waals surface area contributed by atoms with Gasteiger partial charge in [0.15, 0.2) is 6.61 Å². The maximum atomic E-state index is 11.8. The summed E-state index contributed by atoms with van der Waals surface area (Å²) < 4.78 is 15.6. The van der Waals surface area contributed by atoms with Gasteiger partial charge in [-0.2, -0.15) is 4.98 Å². The van der Waals surface area contributed by atoms with E-state index in [1.807, 2.05) is 54.6 Å². The van der Waals surface area contributed by atoms with Gasteiger partial charge in [-0.05, 0) is 24.1 Å². The highest BCUT2D eigenvalue weighted by molar-refractivity contribution is 5.69. The lowest BCUT2D eigenvalue weighted by Crippen LogP contribution is -2.06. The molecule has 0 fully saturated rings. The standard InChI is InChI=1S/C19H18N2O4/c1-23-16-10-6-5-9-15(16)19-20-17(25-21-19)13-24-18(22)12-11-14-7-3-2-4-8-14/h2-10H,11-13H2,1H3. The zero-order chi connectivity index (χ0) is 17.5. The zero-order valence-corrected chi connectivity index (χ0v) is 13.8. The van der Waals surface area contributed by atoms with Crippen LogP contribution in [0.5, 0.6) is 5.75 Å². The van der Waals surface area contributed by atoms with Gasteiger partial charge < -0.3 is 14.0 Å². The summed E-state index contributed by atoms with van der Waals surface area (Å²) in [5, 5.41) is 3.91. The first kappa shape index (κ1) is 16.7. The van der Waals surface area contributed by atoms with Crippen molar-refractivity contribution in [2.24, 2.45) is 0 Å². The fourth-order valence-corrected chi connectivity index (χ4v) is 2.36. The van der Waals surface area contributed by atoms with Gasteiger partial charge in [0.25, 0.3) is 5.89 Å². The Labute approximate surface area is 145 Å². The number of carbonyl (C=O) groups is 1. The minimum absolute atomic E-state index is 0.0459. The summed E-state index contributed by atoms with van der Waals surface area (Å²) in [6.45, 7) is -0.0459. The Morgan fingerprint density at radius 1 is 1.08 bits per heavy atom. The van der Waals surface area contributed by atoms with Crippen molar-refractivity contribution >= 4 is 5.97 Å². The molecule has 1 aromatic heterocycles. The second-order valence-electron chi connectivity index (χ2n) is 5.36. The average Bonchev–Trinajstić information content (AvgIpc) is 3.14. The van der Waals surface area contributed by atoms with Crippen LogP contribution < -0.4 is 4.74 Å². The normalized spacial score (nSPS) is 10.4. The maximum Gasteiger partial charge on any atom is 0.306 e. The molecule has 3 rings (SSSR count). The number of benzene rings is 2. The molecule has 6 heteroatoms. The van der Waals surface area contributed by atoms with Gasteiger partial charge in [-0.15, -0.1) is 0 Å². The van der Waals surface area contributed by atoms with Gasteiger partial charge >= 0.3 is 5.97 Å². The molecule has 25 heavy (non-hydrogen) atoms. The van der Waals surface area contributed by atoms with E-state index in [9.17, 15) is 4.79 Å².